The molecule has 0 saturated heterocycles. The molecule has 0 bridgehead atoms. The van der Waals surface area contributed by atoms with E-state index in [1.165, 1.54) is 0 Å². The SMILES string of the molecule is C/C=C/c1cc(C(=O)NC(C)c2cccs2)cc(OC)c1OC. The van der Waals surface area contributed by atoms with Crippen molar-refractivity contribution in [2.45, 2.75) is 19.9 Å². The van der Waals surface area contributed by atoms with Crippen LogP contribution in [-0.4, -0.2) is 20.1 Å². The van der Waals surface area contributed by atoms with E-state index in [0.717, 1.165) is 10.4 Å². The fourth-order valence-corrected chi connectivity index (χ4v) is 3.05. The molecular weight excluding hydrogens is 310 g/mol. The third-order valence-electron chi connectivity index (χ3n) is 3.43. The highest BCUT2D eigenvalue weighted by Crippen LogP contribution is 2.33. The first kappa shape index (κ1) is 17.1. The van der Waals surface area contributed by atoms with E-state index in [0.29, 0.717) is 17.1 Å². The van der Waals surface area contributed by atoms with E-state index >= 15 is 0 Å². The zero-order valence-corrected chi connectivity index (χ0v) is 14.6. The van der Waals surface area contributed by atoms with Crippen molar-refractivity contribution in [1.82, 2.24) is 5.32 Å². The normalized spacial score (nSPS) is 12.2. The number of nitrogens with one attached hydrogen (secondary N) is 1. The summed E-state index contributed by atoms with van der Waals surface area (Å²) in [4.78, 5) is 13.7. The monoisotopic (exact) mass is 331 g/mol. The lowest BCUT2D eigenvalue weighted by Crippen LogP contribution is -2.26. The van der Waals surface area contributed by atoms with Crippen LogP contribution in [0.15, 0.2) is 35.7 Å². The standard InChI is InChI=1S/C18H21NO3S/c1-5-7-13-10-14(11-15(21-3)17(13)22-4)18(20)19-12(2)16-8-6-9-23-16/h5-12H,1-4H3,(H,19,20)/b7-5+. The molecule has 0 saturated carbocycles. The third kappa shape index (κ3) is 3.93. The Balaban J connectivity index is 2.31. The van der Waals surface area contributed by atoms with Gasteiger partial charge >= 0.3 is 0 Å². The van der Waals surface area contributed by atoms with Gasteiger partial charge in [0.25, 0.3) is 5.91 Å². The number of ether oxygens (including phenoxy) is 2. The Hall–Kier alpha value is -2.27. The van der Waals surface area contributed by atoms with Crippen LogP contribution in [0.3, 0.4) is 0 Å². The van der Waals surface area contributed by atoms with Gasteiger partial charge in [-0.05, 0) is 37.4 Å². The molecule has 0 aliphatic heterocycles. The number of methoxy groups -OCH3 is 2. The molecule has 0 spiro atoms. The Kier molecular flexibility index (Phi) is 5.82. The molecule has 1 aromatic carbocycles. The van der Waals surface area contributed by atoms with Crippen molar-refractivity contribution in [2.75, 3.05) is 14.2 Å². The number of carbonyl (C=O) groups is 1. The second-order valence-corrected chi connectivity index (χ2v) is 5.99. The van der Waals surface area contributed by atoms with Crippen LogP contribution >= 0.6 is 11.3 Å². The highest BCUT2D eigenvalue weighted by Gasteiger charge is 2.17. The minimum Gasteiger partial charge on any atom is -0.493 e. The zero-order valence-electron chi connectivity index (χ0n) is 13.8. The van der Waals surface area contributed by atoms with Gasteiger partial charge in [0.05, 0.1) is 20.3 Å². The van der Waals surface area contributed by atoms with Gasteiger partial charge in [0.15, 0.2) is 11.5 Å². The molecule has 1 aromatic heterocycles. The molecule has 1 heterocycles. The molecule has 0 radical (unpaired) electrons. The molecule has 0 fully saturated rings. The van der Waals surface area contributed by atoms with Crippen LogP contribution in [-0.2, 0) is 0 Å². The molecule has 2 aromatic rings. The maximum Gasteiger partial charge on any atom is 0.251 e. The zero-order chi connectivity index (χ0) is 16.8. The van der Waals surface area contributed by atoms with Crippen LogP contribution in [0.2, 0.25) is 0 Å². The summed E-state index contributed by atoms with van der Waals surface area (Å²) in [5, 5.41) is 5.01. The Labute approximate surface area is 140 Å². The smallest absolute Gasteiger partial charge is 0.251 e. The topological polar surface area (TPSA) is 47.6 Å². The number of thiophene rings is 1. The van der Waals surface area contributed by atoms with Gasteiger partial charge in [-0.1, -0.05) is 18.2 Å². The molecule has 1 unspecified atom stereocenters. The van der Waals surface area contributed by atoms with Gasteiger partial charge in [0.2, 0.25) is 0 Å². The number of benzene rings is 1. The van der Waals surface area contributed by atoms with Gasteiger partial charge in [-0.2, -0.15) is 0 Å². The number of rotatable bonds is 6. The Bertz CT molecular complexity index is 693. The summed E-state index contributed by atoms with van der Waals surface area (Å²) in [6.07, 6.45) is 3.79. The third-order valence-corrected chi connectivity index (χ3v) is 4.49. The molecule has 1 amide bonds. The van der Waals surface area contributed by atoms with E-state index in [1.54, 1.807) is 37.7 Å². The fraction of sp³-hybridized carbons (Fsp3) is 0.278. The molecule has 0 aliphatic rings. The van der Waals surface area contributed by atoms with Gasteiger partial charge in [-0.3, -0.25) is 4.79 Å². The largest absolute Gasteiger partial charge is 0.493 e. The molecule has 5 heteroatoms. The van der Waals surface area contributed by atoms with Crippen LogP contribution in [0.5, 0.6) is 11.5 Å². The quantitative estimate of drug-likeness (QED) is 0.859. The molecule has 23 heavy (non-hydrogen) atoms. The molecule has 0 aliphatic carbocycles. The lowest BCUT2D eigenvalue weighted by atomic mass is 10.1. The maximum absolute atomic E-state index is 12.5. The van der Waals surface area contributed by atoms with E-state index < -0.39 is 0 Å². The number of carbonyl (C=O) groups excluding carboxylic acids is 1. The van der Waals surface area contributed by atoms with E-state index in [1.807, 2.05) is 43.5 Å². The summed E-state index contributed by atoms with van der Waals surface area (Å²) < 4.78 is 10.7. The van der Waals surface area contributed by atoms with Crippen LogP contribution in [0.4, 0.5) is 0 Å². The summed E-state index contributed by atoms with van der Waals surface area (Å²) >= 11 is 1.62. The van der Waals surface area contributed by atoms with E-state index in [-0.39, 0.29) is 11.9 Å². The molecule has 1 atom stereocenters. The van der Waals surface area contributed by atoms with Gasteiger partial charge in [0.1, 0.15) is 0 Å². The van der Waals surface area contributed by atoms with E-state index in [2.05, 4.69) is 5.32 Å². The molecule has 2 rings (SSSR count). The lowest BCUT2D eigenvalue weighted by Gasteiger charge is -2.15. The van der Waals surface area contributed by atoms with Crippen molar-refractivity contribution >= 4 is 23.3 Å². The number of amides is 1. The Morgan fingerprint density at radius 1 is 1.30 bits per heavy atom. The van der Waals surface area contributed by atoms with E-state index in [9.17, 15) is 4.79 Å². The van der Waals surface area contributed by atoms with Crippen molar-refractivity contribution in [3.8, 4) is 11.5 Å². The van der Waals surface area contributed by atoms with Gasteiger partial charge in [-0.15, -0.1) is 11.3 Å². The molecule has 1 N–H and O–H groups in total. The van der Waals surface area contributed by atoms with Crippen LogP contribution in [0.25, 0.3) is 6.08 Å². The van der Waals surface area contributed by atoms with Crippen LogP contribution in [0, 0.1) is 0 Å². The van der Waals surface area contributed by atoms with Crippen molar-refractivity contribution in [3.05, 3.63) is 51.7 Å². The Morgan fingerprint density at radius 2 is 2.09 bits per heavy atom. The van der Waals surface area contributed by atoms with Crippen LogP contribution < -0.4 is 14.8 Å². The average Bonchev–Trinajstić information content (AvgIpc) is 3.08. The first-order valence-corrected chi connectivity index (χ1v) is 8.21. The minimum absolute atomic E-state index is 0.0410. The minimum atomic E-state index is -0.141. The van der Waals surface area contributed by atoms with Crippen molar-refractivity contribution in [3.63, 3.8) is 0 Å². The van der Waals surface area contributed by atoms with Crippen LogP contribution in [0.1, 0.15) is 40.7 Å². The lowest BCUT2D eigenvalue weighted by molar-refractivity contribution is 0.0940. The summed E-state index contributed by atoms with van der Waals surface area (Å²) in [6, 6.07) is 7.44. The predicted molar refractivity (Wildman–Crippen MR) is 94.5 cm³/mol. The number of hydrogen-bond acceptors (Lipinski definition) is 4. The van der Waals surface area contributed by atoms with Crippen molar-refractivity contribution < 1.29 is 14.3 Å². The van der Waals surface area contributed by atoms with Gasteiger partial charge < -0.3 is 14.8 Å². The summed E-state index contributed by atoms with van der Waals surface area (Å²) in [7, 11) is 3.15. The maximum atomic E-state index is 12.5. The summed E-state index contributed by atoms with van der Waals surface area (Å²) in [5.74, 6) is 1.02. The first-order chi connectivity index (χ1) is 11.1. The second-order valence-electron chi connectivity index (χ2n) is 5.01. The van der Waals surface area contributed by atoms with Crippen molar-refractivity contribution in [1.29, 1.82) is 0 Å². The Morgan fingerprint density at radius 3 is 2.65 bits per heavy atom. The average molecular weight is 331 g/mol. The fourth-order valence-electron chi connectivity index (χ4n) is 2.32. The van der Waals surface area contributed by atoms with Gasteiger partial charge in [0, 0.05) is 16.0 Å². The predicted octanol–water partition coefficient (Wildman–Crippen LogP) is 4.29. The highest BCUT2D eigenvalue weighted by atomic mass is 32.1. The molecule has 4 nitrogen and oxygen atoms in total. The van der Waals surface area contributed by atoms with Gasteiger partial charge in [-0.25, -0.2) is 0 Å². The molecule has 122 valence electrons. The number of allylic oxidation sites excluding steroid dienone is 1. The summed E-state index contributed by atoms with van der Waals surface area (Å²) in [6.45, 7) is 3.88. The second kappa shape index (κ2) is 7.83. The number of hydrogen-bond donors (Lipinski definition) is 1. The van der Waals surface area contributed by atoms with Crippen molar-refractivity contribution in [2.24, 2.45) is 0 Å². The first-order valence-electron chi connectivity index (χ1n) is 7.33. The summed E-state index contributed by atoms with van der Waals surface area (Å²) in [5.41, 5.74) is 1.35. The molecular formula is C18H21NO3S. The highest BCUT2D eigenvalue weighted by molar-refractivity contribution is 7.10. The van der Waals surface area contributed by atoms with E-state index in [4.69, 9.17) is 9.47 Å².